The summed E-state index contributed by atoms with van der Waals surface area (Å²) in [6, 6.07) is 10.2. The summed E-state index contributed by atoms with van der Waals surface area (Å²) in [5.74, 6) is 0.303. The molecular weight excluding hydrogens is 380 g/mol. The smallest absolute Gasteiger partial charge is 0.258 e. The van der Waals surface area contributed by atoms with E-state index in [4.69, 9.17) is 16.3 Å². The van der Waals surface area contributed by atoms with Crippen LogP contribution in [0.3, 0.4) is 0 Å². The fourth-order valence-electron chi connectivity index (χ4n) is 2.94. The van der Waals surface area contributed by atoms with E-state index in [9.17, 15) is 9.59 Å². The first kappa shape index (κ1) is 19.9. The third-order valence-electron chi connectivity index (χ3n) is 4.22. The van der Waals surface area contributed by atoms with E-state index in [1.807, 2.05) is 19.1 Å². The first-order valence-electron chi connectivity index (χ1n) is 8.67. The van der Waals surface area contributed by atoms with Gasteiger partial charge in [0.15, 0.2) is 0 Å². The van der Waals surface area contributed by atoms with Gasteiger partial charge in [0.1, 0.15) is 11.4 Å². The highest BCUT2D eigenvalue weighted by Gasteiger charge is 2.13. The molecule has 1 aromatic carbocycles. The van der Waals surface area contributed by atoms with E-state index < -0.39 is 0 Å². The number of nitrogens with zero attached hydrogens (tertiary/aromatic N) is 3. The zero-order chi connectivity index (χ0) is 20.3. The molecule has 0 bridgehead atoms. The molecule has 0 unspecified atom stereocenters. The highest BCUT2D eigenvalue weighted by atomic mass is 35.5. The quantitative estimate of drug-likeness (QED) is 0.688. The minimum atomic E-state index is -0.225. The van der Waals surface area contributed by atoms with Crippen molar-refractivity contribution in [3.63, 3.8) is 0 Å². The van der Waals surface area contributed by atoms with Gasteiger partial charge in [-0.25, -0.2) is 4.98 Å². The maximum Gasteiger partial charge on any atom is 0.258 e. The molecule has 0 aliphatic carbocycles. The Morgan fingerprint density at radius 2 is 2.11 bits per heavy atom. The number of halogens is 1. The Morgan fingerprint density at radius 1 is 1.32 bits per heavy atom. The first-order chi connectivity index (χ1) is 13.4. The molecule has 2 aromatic heterocycles. The number of benzene rings is 1. The molecule has 7 nitrogen and oxygen atoms in total. The normalized spacial score (nSPS) is 11.0. The van der Waals surface area contributed by atoms with Crippen LogP contribution in [0.25, 0.3) is 5.65 Å². The summed E-state index contributed by atoms with van der Waals surface area (Å²) in [6.07, 6.45) is 1.69. The average molecular weight is 401 g/mol. The minimum absolute atomic E-state index is 0.116. The van der Waals surface area contributed by atoms with E-state index in [1.54, 1.807) is 36.3 Å². The lowest BCUT2D eigenvalue weighted by molar-refractivity contribution is -0.117. The van der Waals surface area contributed by atoms with Gasteiger partial charge in [0.05, 0.1) is 25.0 Å². The zero-order valence-corrected chi connectivity index (χ0v) is 16.7. The van der Waals surface area contributed by atoms with Gasteiger partial charge in [-0.3, -0.25) is 18.9 Å². The monoisotopic (exact) mass is 400 g/mol. The van der Waals surface area contributed by atoms with Crippen LogP contribution < -0.4 is 15.6 Å². The SMILES string of the molecule is COc1ccc(Cl)cc1NC(=O)CN(C)Cc1cc(=O)n2cccc(C)c2n1. The number of methoxy groups -OCH3 is 1. The van der Waals surface area contributed by atoms with Crippen molar-refractivity contribution in [2.45, 2.75) is 13.5 Å². The minimum Gasteiger partial charge on any atom is -0.495 e. The van der Waals surface area contributed by atoms with E-state index in [0.717, 1.165) is 5.56 Å². The molecule has 28 heavy (non-hydrogen) atoms. The van der Waals surface area contributed by atoms with Gasteiger partial charge in [0.25, 0.3) is 5.56 Å². The number of rotatable bonds is 6. The summed E-state index contributed by atoms with van der Waals surface area (Å²) in [6.45, 7) is 2.38. The van der Waals surface area contributed by atoms with Crippen LogP contribution in [0, 0.1) is 6.92 Å². The van der Waals surface area contributed by atoms with Crippen molar-refractivity contribution in [3.05, 3.63) is 69.2 Å². The van der Waals surface area contributed by atoms with Crippen LogP contribution in [0.2, 0.25) is 5.02 Å². The molecule has 0 spiro atoms. The predicted octanol–water partition coefficient (Wildman–Crippen LogP) is 2.74. The first-order valence-corrected chi connectivity index (χ1v) is 9.05. The topological polar surface area (TPSA) is 75.9 Å². The molecule has 3 rings (SSSR count). The molecule has 0 atom stereocenters. The fourth-order valence-corrected chi connectivity index (χ4v) is 3.11. The Morgan fingerprint density at radius 3 is 2.86 bits per heavy atom. The molecule has 146 valence electrons. The number of nitrogens with one attached hydrogen (secondary N) is 1. The van der Waals surface area contributed by atoms with E-state index in [-0.39, 0.29) is 18.0 Å². The van der Waals surface area contributed by atoms with E-state index in [0.29, 0.717) is 34.3 Å². The Labute approximate surface area is 167 Å². The van der Waals surface area contributed by atoms with Crippen LogP contribution in [-0.2, 0) is 11.3 Å². The van der Waals surface area contributed by atoms with Gasteiger partial charge >= 0.3 is 0 Å². The third kappa shape index (κ3) is 4.49. The maximum absolute atomic E-state index is 12.4. The number of carbonyl (C=O) groups is 1. The third-order valence-corrected chi connectivity index (χ3v) is 4.46. The number of hydrogen-bond donors (Lipinski definition) is 1. The van der Waals surface area contributed by atoms with Crippen LogP contribution >= 0.6 is 11.6 Å². The number of likely N-dealkylation sites (N-methyl/N-ethyl adjacent to an activating group) is 1. The van der Waals surface area contributed by atoms with Crippen LogP contribution in [0.1, 0.15) is 11.3 Å². The van der Waals surface area contributed by atoms with Gasteiger partial charge in [-0.05, 0) is 43.8 Å². The van der Waals surface area contributed by atoms with Gasteiger partial charge < -0.3 is 10.1 Å². The van der Waals surface area contributed by atoms with Crippen molar-refractivity contribution in [1.29, 1.82) is 0 Å². The van der Waals surface area contributed by atoms with Gasteiger partial charge in [0, 0.05) is 23.8 Å². The summed E-state index contributed by atoms with van der Waals surface area (Å²) in [4.78, 5) is 31.0. The number of amides is 1. The second kappa shape index (κ2) is 8.41. The number of carbonyl (C=O) groups excluding carboxylic acids is 1. The number of fused-ring (bicyclic) bond motifs is 1. The molecular formula is C20H21ClN4O3. The van der Waals surface area contributed by atoms with Crippen molar-refractivity contribution >= 4 is 28.8 Å². The molecule has 0 aliphatic rings. The van der Waals surface area contributed by atoms with Gasteiger partial charge in [-0.2, -0.15) is 0 Å². The van der Waals surface area contributed by atoms with Crippen molar-refractivity contribution in [2.75, 3.05) is 26.0 Å². The second-order valence-electron chi connectivity index (χ2n) is 6.54. The number of ether oxygens (including phenoxy) is 1. The molecule has 1 amide bonds. The standard InChI is InChI=1S/C20H21ClN4O3/c1-13-5-4-8-25-19(27)10-15(22-20(13)25)11-24(2)12-18(26)23-16-9-14(21)6-7-17(16)28-3/h4-10H,11-12H2,1-3H3,(H,23,26). The Kier molecular flexibility index (Phi) is 5.96. The molecule has 0 saturated carbocycles. The van der Waals surface area contributed by atoms with Gasteiger partial charge in [-0.1, -0.05) is 17.7 Å². The predicted molar refractivity (Wildman–Crippen MR) is 109 cm³/mol. The number of pyridine rings is 1. The Bertz CT molecular complexity index is 1080. The van der Waals surface area contributed by atoms with Gasteiger partial charge in [-0.15, -0.1) is 0 Å². The molecule has 8 heteroatoms. The Hall–Kier alpha value is -2.90. The second-order valence-corrected chi connectivity index (χ2v) is 6.97. The molecule has 0 saturated heterocycles. The highest BCUT2D eigenvalue weighted by Crippen LogP contribution is 2.27. The van der Waals surface area contributed by atoms with E-state index >= 15 is 0 Å². The van der Waals surface area contributed by atoms with Crippen LogP contribution in [0.5, 0.6) is 5.75 Å². The summed E-state index contributed by atoms with van der Waals surface area (Å²) in [7, 11) is 3.31. The summed E-state index contributed by atoms with van der Waals surface area (Å²) >= 11 is 5.99. The van der Waals surface area contributed by atoms with Crippen LogP contribution in [0.15, 0.2) is 47.4 Å². The highest BCUT2D eigenvalue weighted by molar-refractivity contribution is 6.31. The lowest BCUT2D eigenvalue weighted by atomic mass is 10.2. The lowest BCUT2D eigenvalue weighted by Gasteiger charge is -2.17. The van der Waals surface area contributed by atoms with Crippen molar-refractivity contribution in [3.8, 4) is 5.75 Å². The van der Waals surface area contributed by atoms with Crippen molar-refractivity contribution < 1.29 is 9.53 Å². The molecule has 2 heterocycles. The molecule has 0 fully saturated rings. The fraction of sp³-hybridized carbons (Fsp3) is 0.250. The number of aromatic nitrogens is 2. The number of anilines is 1. The largest absolute Gasteiger partial charge is 0.495 e. The van der Waals surface area contributed by atoms with Crippen LogP contribution in [0.4, 0.5) is 5.69 Å². The molecule has 1 N–H and O–H groups in total. The number of hydrogen-bond acceptors (Lipinski definition) is 5. The molecule has 0 aliphatic heterocycles. The van der Waals surface area contributed by atoms with Crippen molar-refractivity contribution in [2.24, 2.45) is 0 Å². The van der Waals surface area contributed by atoms with E-state index in [2.05, 4.69) is 10.3 Å². The number of aryl methyl sites for hydroxylation is 1. The summed E-state index contributed by atoms with van der Waals surface area (Å²) in [5, 5.41) is 3.29. The van der Waals surface area contributed by atoms with E-state index in [1.165, 1.54) is 17.6 Å². The average Bonchev–Trinajstić information content (AvgIpc) is 2.62. The summed E-state index contributed by atoms with van der Waals surface area (Å²) in [5.41, 5.74) is 2.49. The molecule has 3 aromatic rings. The lowest BCUT2D eigenvalue weighted by Crippen LogP contribution is -2.31. The maximum atomic E-state index is 12.4. The summed E-state index contributed by atoms with van der Waals surface area (Å²) < 4.78 is 6.74. The Balaban J connectivity index is 1.70. The zero-order valence-electron chi connectivity index (χ0n) is 15.9. The van der Waals surface area contributed by atoms with Crippen LogP contribution in [-0.4, -0.2) is 40.9 Å². The molecule has 0 radical (unpaired) electrons. The van der Waals surface area contributed by atoms with Crippen molar-refractivity contribution in [1.82, 2.24) is 14.3 Å². The van der Waals surface area contributed by atoms with Gasteiger partial charge in [0.2, 0.25) is 5.91 Å².